The number of aromatic nitrogens is 2. The predicted molar refractivity (Wildman–Crippen MR) is 103 cm³/mol. The van der Waals surface area contributed by atoms with Crippen molar-refractivity contribution in [2.45, 2.75) is 22.7 Å². The first-order valence-electron chi connectivity index (χ1n) is 7.84. The number of ether oxygens (including phenoxy) is 1. The maximum atomic E-state index is 10.6. The molecule has 130 valence electrons. The summed E-state index contributed by atoms with van der Waals surface area (Å²) in [7, 11) is 0. The summed E-state index contributed by atoms with van der Waals surface area (Å²) in [4.78, 5) is 19.7. The van der Waals surface area contributed by atoms with Gasteiger partial charge in [0.2, 0.25) is 0 Å². The van der Waals surface area contributed by atoms with Crippen molar-refractivity contribution in [3.05, 3.63) is 53.6 Å². The quantitative estimate of drug-likeness (QED) is 0.475. The summed E-state index contributed by atoms with van der Waals surface area (Å²) in [5, 5.41) is 0.925. The topological polar surface area (TPSA) is 81.0 Å². The Morgan fingerprint density at radius 1 is 1.20 bits per heavy atom. The standard InChI is InChI=1S/C18H19N3O2S2/c1-12-13(5-4-8-16(12)24-10-9-23-17(19)22)11-25-18-20-14-6-2-3-7-15(14)21-18/h2-8H,9-11H2,1H3,(H2,19,22)(H,20,21). The van der Waals surface area contributed by atoms with Crippen LogP contribution in [-0.4, -0.2) is 28.4 Å². The number of carbonyl (C=O) groups excluding carboxylic acids is 1. The molecule has 3 rings (SSSR count). The van der Waals surface area contributed by atoms with Gasteiger partial charge in [0, 0.05) is 16.4 Å². The number of hydrogen-bond donors (Lipinski definition) is 2. The molecule has 0 aliphatic heterocycles. The van der Waals surface area contributed by atoms with E-state index < -0.39 is 6.09 Å². The number of nitrogens with one attached hydrogen (secondary N) is 1. The number of primary amides is 1. The minimum absolute atomic E-state index is 0.317. The molecule has 0 fully saturated rings. The van der Waals surface area contributed by atoms with Crippen LogP contribution in [0, 0.1) is 6.92 Å². The van der Waals surface area contributed by atoms with Gasteiger partial charge < -0.3 is 15.5 Å². The molecule has 3 N–H and O–H groups in total. The maximum absolute atomic E-state index is 10.6. The van der Waals surface area contributed by atoms with E-state index in [0.717, 1.165) is 21.9 Å². The largest absolute Gasteiger partial charge is 0.449 e. The Labute approximate surface area is 154 Å². The zero-order valence-corrected chi connectivity index (χ0v) is 15.5. The average Bonchev–Trinajstić information content (AvgIpc) is 3.01. The fourth-order valence-electron chi connectivity index (χ4n) is 2.41. The van der Waals surface area contributed by atoms with Gasteiger partial charge in [-0.3, -0.25) is 0 Å². The van der Waals surface area contributed by atoms with E-state index in [1.54, 1.807) is 23.5 Å². The highest BCUT2D eigenvalue weighted by Crippen LogP contribution is 2.29. The zero-order chi connectivity index (χ0) is 17.6. The third kappa shape index (κ3) is 4.70. The van der Waals surface area contributed by atoms with E-state index in [9.17, 15) is 4.79 Å². The van der Waals surface area contributed by atoms with Gasteiger partial charge in [0.15, 0.2) is 5.16 Å². The van der Waals surface area contributed by atoms with Crippen molar-refractivity contribution >= 4 is 40.7 Å². The van der Waals surface area contributed by atoms with Crippen molar-refractivity contribution in [1.82, 2.24) is 9.97 Å². The highest BCUT2D eigenvalue weighted by atomic mass is 32.2. The van der Waals surface area contributed by atoms with Crippen molar-refractivity contribution in [2.24, 2.45) is 5.73 Å². The zero-order valence-electron chi connectivity index (χ0n) is 13.8. The van der Waals surface area contributed by atoms with Crippen LogP contribution in [0.1, 0.15) is 11.1 Å². The van der Waals surface area contributed by atoms with E-state index in [1.165, 1.54) is 16.0 Å². The van der Waals surface area contributed by atoms with E-state index in [2.05, 4.69) is 35.1 Å². The number of aromatic amines is 1. The number of benzene rings is 2. The number of thioether (sulfide) groups is 2. The van der Waals surface area contributed by atoms with E-state index in [-0.39, 0.29) is 0 Å². The molecule has 0 aliphatic rings. The van der Waals surface area contributed by atoms with Gasteiger partial charge >= 0.3 is 6.09 Å². The number of imidazole rings is 1. The Bertz CT molecular complexity index is 847. The molecule has 1 heterocycles. The monoisotopic (exact) mass is 373 g/mol. The minimum Gasteiger partial charge on any atom is -0.449 e. The van der Waals surface area contributed by atoms with Gasteiger partial charge in [0.1, 0.15) is 6.61 Å². The number of para-hydroxylation sites is 2. The summed E-state index contributed by atoms with van der Waals surface area (Å²) in [5.41, 5.74) is 9.52. The molecule has 0 unspecified atom stereocenters. The molecular weight excluding hydrogens is 354 g/mol. The van der Waals surface area contributed by atoms with Crippen LogP contribution in [0.4, 0.5) is 4.79 Å². The summed E-state index contributed by atoms with van der Waals surface area (Å²) in [6, 6.07) is 14.3. The van der Waals surface area contributed by atoms with E-state index in [0.29, 0.717) is 12.4 Å². The van der Waals surface area contributed by atoms with E-state index in [4.69, 9.17) is 10.5 Å². The first kappa shape index (κ1) is 17.7. The van der Waals surface area contributed by atoms with Gasteiger partial charge in [-0.05, 0) is 36.2 Å². The molecule has 1 amide bonds. The molecule has 0 atom stereocenters. The summed E-state index contributed by atoms with van der Waals surface area (Å²) >= 11 is 3.36. The van der Waals surface area contributed by atoms with E-state index in [1.807, 2.05) is 24.3 Å². The number of nitrogens with two attached hydrogens (primary N) is 1. The Morgan fingerprint density at radius 3 is 2.84 bits per heavy atom. The smallest absolute Gasteiger partial charge is 0.404 e. The summed E-state index contributed by atoms with van der Waals surface area (Å²) in [6.45, 7) is 2.43. The maximum Gasteiger partial charge on any atom is 0.404 e. The summed E-state index contributed by atoms with van der Waals surface area (Å²) < 4.78 is 4.77. The molecule has 0 saturated carbocycles. The molecule has 0 spiro atoms. The van der Waals surface area contributed by atoms with Crippen LogP contribution in [0.25, 0.3) is 11.0 Å². The third-order valence-corrected chi connectivity index (χ3v) is 5.76. The van der Waals surface area contributed by atoms with Crippen molar-refractivity contribution in [2.75, 3.05) is 12.4 Å². The minimum atomic E-state index is -0.728. The normalized spacial score (nSPS) is 10.9. The molecule has 25 heavy (non-hydrogen) atoms. The molecule has 5 nitrogen and oxygen atoms in total. The second-order valence-corrected chi connectivity index (χ2v) is 7.50. The van der Waals surface area contributed by atoms with Crippen LogP contribution in [-0.2, 0) is 10.5 Å². The van der Waals surface area contributed by atoms with Crippen molar-refractivity contribution in [3.63, 3.8) is 0 Å². The number of amides is 1. The Morgan fingerprint density at radius 2 is 2.04 bits per heavy atom. The lowest BCUT2D eigenvalue weighted by Gasteiger charge is -2.10. The van der Waals surface area contributed by atoms with Crippen LogP contribution < -0.4 is 5.73 Å². The molecule has 7 heteroatoms. The molecular formula is C18H19N3O2S2. The van der Waals surface area contributed by atoms with Crippen molar-refractivity contribution in [3.8, 4) is 0 Å². The highest BCUT2D eigenvalue weighted by molar-refractivity contribution is 7.99. The molecule has 0 aliphatic carbocycles. The molecule has 1 aromatic heterocycles. The predicted octanol–water partition coefficient (Wildman–Crippen LogP) is 4.35. The molecule has 3 aromatic rings. The lowest BCUT2D eigenvalue weighted by Crippen LogP contribution is -2.14. The fourth-order valence-corrected chi connectivity index (χ4v) is 4.27. The average molecular weight is 374 g/mol. The van der Waals surface area contributed by atoms with Crippen LogP contribution in [0.2, 0.25) is 0 Å². The van der Waals surface area contributed by atoms with Crippen LogP contribution in [0.3, 0.4) is 0 Å². The SMILES string of the molecule is Cc1c(CSc2nc3ccccc3[nH]2)cccc1SCCOC(N)=O. The van der Waals surface area contributed by atoms with Gasteiger partial charge in [0.05, 0.1) is 11.0 Å². The van der Waals surface area contributed by atoms with Crippen molar-refractivity contribution < 1.29 is 9.53 Å². The molecule has 0 saturated heterocycles. The van der Waals surface area contributed by atoms with Crippen LogP contribution >= 0.6 is 23.5 Å². The number of rotatable bonds is 7. The fraction of sp³-hybridized carbons (Fsp3) is 0.222. The lowest BCUT2D eigenvalue weighted by molar-refractivity contribution is 0.164. The van der Waals surface area contributed by atoms with E-state index >= 15 is 0 Å². The lowest BCUT2D eigenvalue weighted by atomic mass is 10.1. The highest BCUT2D eigenvalue weighted by Gasteiger charge is 2.08. The number of carbonyl (C=O) groups is 1. The first-order chi connectivity index (χ1) is 12.1. The third-order valence-electron chi connectivity index (χ3n) is 3.71. The molecule has 0 radical (unpaired) electrons. The Kier molecular flexibility index (Phi) is 5.88. The van der Waals surface area contributed by atoms with Crippen LogP contribution in [0.5, 0.6) is 0 Å². The molecule has 2 aromatic carbocycles. The van der Waals surface area contributed by atoms with Gasteiger partial charge in [-0.1, -0.05) is 36.0 Å². The molecule has 0 bridgehead atoms. The number of H-pyrrole nitrogens is 1. The summed E-state index contributed by atoms with van der Waals surface area (Å²) in [5.74, 6) is 1.53. The van der Waals surface area contributed by atoms with Gasteiger partial charge in [0.25, 0.3) is 0 Å². The second kappa shape index (κ2) is 8.31. The number of fused-ring (bicyclic) bond motifs is 1. The Balaban J connectivity index is 1.62. The van der Waals surface area contributed by atoms with Crippen LogP contribution in [0.15, 0.2) is 52.5 Å². The number of nitrogens with zero attached hydrogens (tertiary/aromatic N) is 1. The Hall–Kier alpha value is -2.12. The first-order valence-corrected chi connectivity index (χ1v) is 9.81. The van der Waals surface area contributed by atoms with Crippen molar-refractivity contribution in [1.29, 1.82) is 0 Å². The number of hydrogen-bond acceptors (Lipinski definition) is 5. The summed E-state index contributed by atoms with van der Waals surface area (Å²) in [6.07, 6.45) is -0.728. The van der Waals surface area contributed by atoms with Gasteiger partial charge in [-0.2, -0.15) is 0 Å². The van der Waals surface area contributed by atoms with Gasteiger partial charge in [-0.25, -0.2) is 9.78 Å². The van der Waals surface area contributed by atoms with Gasteiger partial charge in [-0.15, -0.1) is 11.8 Å². The second-order valence-electron chi connectivity index (χ2n) is 5.40.